The Labute approximate surface area is 172 Å². The number of rotatable bonds is 3. The molecule has 0 unspecified atom stereocenters. The molecule has 2 aromatic heterocycles. The van der Waals surface area contributed by atoms with E-state index in [1.165, 1.54) is 0 Å². The summed E-state index contributed by atoms with van der Waals surface area (Å²) in [6, 6.07) is 26.1. The smallest absolute Gasteiger partial charge is 0.226 e. The van der Waals surface area contributed by atoms with Crippen LogP contribution < -0.4 is 0 Å². The number of nitrogens with zero attached hydrogens (tertiary/aromatic N) is 4. The normalized spacial score (nSPS) is 10.9. The Morgan fingerprint density at radius 2 is 1.38 bits per heavy atom. The molecule has 5 rings (SSSR count). The maximum Gasteiger partial charge on any atom is 0.226 e. The average Bonchev–Trinajstić information content (AvgIpc) is 2.79. The van der Waals surface area contributed by atoms with Crippen molar-refractivity contribution in [3.05, 3.63) is 96.5 Å². The van der Waals surface area contributed by atoms with Gasteiger partial charge in [-0.2, -0.15) is 9.97 Å². The van der Waals surface area contributed by atoms with E-state index in [9.17, 15) is 0 Å². The monoisotopic (exact) mass is 394 g/mol. The van der Waals surface area contributed by atoms with Crippen LogP contribution in [0, 0.1) is 0 Å². The Bertz CT molecular complexity index is 1300. The molecule has 0 saturated carbocycles. The van der Waals surface area contributed by atoms with E-state index in [-0.39, 0.29) is 5.28 Å². The predicted molar refractivity (Wildman–Crippen MR) is 116 cm³/mol. The van der Waals surface area contributed by atoms with Gasteiger partial charge in [-0.25, -0.2) is 4.98 Å². The number of aromatic nitrogens is 4. The Hall–Kier alpha value is -3.63. The van der Waals surface area contributed by atoms with Crippen LogP contribution in [0.15, 0.2) is 91.3 Å². The Morgan fingerprint density at radius 1 is 0.621 bits per heavy atom. The highest BCUT2D eigenvalue weighted by Crippen LogP contribution is 2.37. The standard InChI is InChI=1S/C24H15ClN4/c25-24-28-22(17-8-2-1-3-9-17)27-23(29-24)21-19-11-5-4-7-16(19)12-13-20(21)18-10-6-14-26-15-18/h1-15H. The van der Waals surface area contributed by atoms with Gasteiger partial charge in [-0.1, -0.05) is 72.8 Å². The van der Waals surface area contributed by atoms with Gasteiger partial charge in [0.1, 0.15) is 0 Å². The summed E-state index contributed by atoms with van der Waals surface area (Å²) in [5.41, 5.74) is 3.79. The molecule has 3 aromatic carbocycles. The van der Waals surface area contributed by atoms with Crippen LogP contribution in [0.25, 0.3) is 44.7 Å². The van der Waals surface area contributed by atoms with E-state index in [4.69, 9.17) is 16.6 Å². The van der Waals surface area contributed by atoms with Gasteiger partial charge >= 0.3 is 0 Å². The first kappa shape index (κ1) is 17.5. The van der Waals surface area contributed by atoms with Gasteiger partial charge in [0.25, 0.3) is 0 Å². The summed E-state index contributed by atoms with van der Waals surface area (Å²) in [7, 11) is 0. The fourth-order valence-electron chi connectivity index (χ4n) is 3.45. The molecule has 0 N–H and O–H groups in total. The third-order valence-corrected chi connectivity index (χ3v) is 4.93. The first-order valence-corrected chi connectivity index (χ1v) is 9.57. The summed E-state index contributed by atoms with van der Waals surface area (Å²) in [6.07, 6.45) is 3.60. The number of hydrogen-bond acceptors (Lipinski definition) is 4. The largest absolute Gasteiger partial charge is 0.264 e. The van der Waals surface area contributed by atoms with E-state index in [2.05, 4.69) is 39.2 Å². The fourth-order valence-corrected chi connectivity index (χ4v) is 3.61. The van der Waals surface area contributed by atoms with Crippen LogP contribution in [0.1, 0.15) is 0 Å². The zero-order valence-corrected chi connectivity index (χ0v) is 16.1. The van der Waals surface area contributed by atoms with Crippen LogP contribution in [-0.2, 0) is 0 Å². The minimum atomic E-state index is 0.166. The van der Waals surface area contributed by atoms with Crippen LogP contribution in [-0.4, -0.2) is 19.9 Å². The van der Waals surface area contributed by atoms with E-state index in [0.29, 0.717) is 11.6 Å². The van der Waals surface area contributed by atoms with Crippen LogP contribution in [0.2, 0.25) is 5.28 Å². The lowest BCUT2D eigenvalue weighted by Crippen LogP contribution is -1.99. The molecular weight excluding hydrogens is 380 g/mol. The lowest BCUT2D eigenvalue weighted by molar-refractivity contribution is 1.07. The van der Waals surface area contributed by atoms with Gasteiger partial charge in [-0.3, -0.25) is 4.98 Å². The zero-order valence-electron chi connectivity index (χ0n) is 15.3. The minimum absolute atomic E-state index is 0.166. The molecule has 2 heterocycles. The number of fused-ring (bicyclic) bond motifs is 1. The summed E-state index contributed by atoms with van der Waals surface area (Å²) >= 11 is 6.32. The second-order valence-electron chi connectivity index (χ2n) is 6.57. The van der Waals surface area contributed by atoms with Crippen molar-refractivity contribution in [3.63, 3.8) is 0 Å². The van der Waals surface area contributed by atoms with E-state index in [0.717, 1.165) is 33.0 Å². The van der Waals surface area contributed by atoms with Crippen molar-refractivity contribution in [1.82, 2.24) is 19.9 Å². The number of benzene rings is 3. The van der Waals surface area contributed by atoms with Crippen LogP contribution in [0.3, 0.4) is 0 Å². The van der Waals surface area contributed by atoms with Gasteiger partial charge in [-0.05, 0) is 34.0 Å². The first-order valence-electron chi connectivity index (χ1n) is 9.19. The van der Waals surface area contributed by atoms with Gasteiger partial charge in [0.2, 0.25) is 5.28 Å². The molecular formula is C24H15ClN4. The van der Waals surface area contributed by atoms with Crippen molar-refractivity contribution in [2.24, 2.45) is 0 Å². The molecule has 0 fully saturated rings. The van der Waals surface area contributed by atoms with E-state index in [1.807, 2.05) is 60.8 Å². The average molecular weight is 395 g/mol. The highest BCUT2D eigenvalue weighted by atomic mass is 35.5. The van der Waals surface area contributed by atoms with Crippen LogP contribution in [0.4, 0.5) is 0 Å². The molecule has 4 nitrogen and oxygen atoms in total. The van der Waals surface area contributed by atoms with Crippen molar-refractivity contribution in [3.8, 4) is 33.9 Å². The van der Waals surface area contributed by atoms with Gasteiger partial charge in [0, 0.05) is 29.1 Å². The van der Waals surface area contributed by atoms with Gasteiger partial charge in [-0.15, -0.1) is 0 Å². The summed E-state index contributed by atoms with van der Waals surface area (Å²) in [4.78, 5) is 17.9. The number of halogens is 1. The lowest BCUT2D eigenvalue weighted by Gasteiger charge is -2.13. The van der Waals surface area contributed by atoms with Gasteiger partial charge < -0.3 is 0 Å². The molecule has 5 heteroatoms. The van der Waals surface area contributed by atoms with Crippen LogP contribution in [0.5, 0.6) is 0 Å². The molecule has 0 aliphatic rings. The van der Waals surface area contributed by atoms with Gasteiger partial charge in [0.05, 0.1) is 0 Å². The summed E-state index contributed by atoms with van der Waals surface area (Å²) < 4.78 is 0. The second-order valence-corrected chi connectivity index (χ2v) is 6.91. The van der Waals surface area contributed by atoms with Gasteiger partial charge in [0.15, 0.2) is 11.6 Å². The van der Waals surface area contributed by atoms with Crippen LogP contribution >= 0.6 is 11.6 Å². The fraction of sp³-hybridized carbons (Fsp3) is 0. The molecule has 0 spiro atoms. The molecule has 0 aliphatic heterocycles. The highest BCUT2D eigenvalue weighted by Gasteiger charge is 2.17. The highest BCUT2D eigenvalue weighted by molar-refractivity contribution is 6.28. The Balaban J connectivity index is 1.82. The quantitative estimate of drug-likeness (QED) is 0.372. The number of pyridine rings is 1. The molecule has 0 amide bonds. The van der Waals surface area contributed by atoms with Crippen molar-refractivity contribution < 1.29 is 0 Å². The van der Waals surface area contributed by atoms with E-state index < -0.39 is 0 Å². The molecule has 0 saturated heterocycles. The van der Waals surface area contributed by atoms with E-state index in [1.54, 1.807) is 6.20 Å². The maximum atomic E-state index is 6.32. The third kappa shape index (κ3) is 3.35. The lowest BCUT2D eigenvalue weighted by atomic mass is 9.94. The minimum Gasteiger partial charge on any atom is -0.264 e. The molecule has 0 atom stereocenters. The molecule has 0 aliphatic carbocycles. The summed E-state index contributed by atoms with van der Waals surface area (Å²) in [5.74, 6) is 1.09. The van der Waals surface area contributed by atoms with E-state index >= 15 is 0 Å². The molecule has 29 heavy (non-hydrogen) atoms. The SMILES string of the molecule is Clc1nc(-c2ccccc2)nc(-c2c(-c3cccnc3)ccc3ccccc23)n1. The topological polar surface area (TPSA) is 51.6 Å². The molecule has 0 radical (unpaired) electrons. The maximum absolute atomic E-state index is 6.32. The predicted octanol–water partition coefficient (Wildman–Crippen LogP) is 6.07. The molecule has 138 valence electrons. The molecule has 0 bridgehead atoms. The number of hydrogen-bond donors (Lipinski definition) is 0. The zero-order chi connectivity index (χ0) is 19.6. The van der Waals surface area contributed by atoms with Crippen molar-refractivity contribution >= 4 is 22.4 Å². The third-order valence-electron chi connectivity index (χ3n) is 4.77. The summed E-state index contributed by atoms with van der Waals surface area (Å²) in [6.45, 7) is 0. The van der Waals surface area contributed by atoms with Crippen molar-refractivity contribution in [2.45, 2.75) is 0 Å². The summed E-state index contributed by atoms with van der Waals surface area (Å²) in [5, 5.41) is 2.32. The van der Waals surface area contributed by atoms with Crippen molar-refractivity contribution in [1.29, 1.82) is 0 Å². The van der Waals surface area contributed by atoms with Crippen molar-refractivity contribution in [2.75, 3.05) is 0 Å². The molecule has 5 aromatic rings. The first-order chi connectivity index (χ1) is 14.3. The Morgan fingerprint density at radius 3 is 2.21 bits per heavy atom. The second kappa shape index (κ2) is 7.41. The Kier molecular flexibility index (Phi) is 4.47.